The molecule has 0 aromatic carbocycles. The van der Waals surface area contributed by atoms with E-state index < -0.39 is 0 Å². The Balaban J connectivity index is 1.81. The van der Waals surface area contributed by atoms with Gasteiger partial charge in [-0.25, -0.2) is 0 Å². The Morgan fingerprint density at radius 3 is 2.44 bits per heavy atom. The summed E-state index contributed by atoms with van der Waals surface area (Å²) < 4.78 is 0. The van der Waals surface area contributed by atoms with Crippen LogP contribution in [0.5, 0.6) is 0 Å². The SMILES string of the molecule is CCN(CC)C1CCN(CC2(O)CCCCC2)C1. The molecule has 0 spiro atoms. The molecule has 2 aliphatic rings. The van der Waals surface area contributed by atoms with E-state index in [2.05, 4.69) is 23.6 Å². The van der Waals surface area contributed by atoms with Crippen molar-refractivity contribution in [2.45, 2.75) is 64.0 Å². The molecule has 2 fully saturated rings. The highest BCUT2D eigenvalue weighted by molar-refractivity contribution is 4.90. The van der Waals surface area contributed by atoms with Gasteiger partial charge in [-0.3, -0.25) is 9.80 Å². The third-order valence-electron chi connectivity index (χ3n) is 4.88. The average molecular weight is 254 g/mol. The smallest absolute Gasteiger partial charge is 0.0774 e. The van der Waals surface area contributed by atoms with E-state index in [0.717, 1.165) is 39.0 Å². The molecule has 0 radical (unpaired) electrons. The van der Waals surface area contributed by atoms with Crippen molar-refractivity contribution in [3.05, 3.63) is 0 Å². The first-order valence-corrected chi connectivity index (χ1v) is 7.85. The molecule has 0 aromatic rings. The van der Waals surface area contributed by atoms with E-state index >= 15 is 0 Å². The summed E-state index contributed by atoms with van der Waals surface area (Å²) in [6.45, 7) is 10.0. The number of β-amino-alcohol motifs (C(OH)–C–C–N with tert-alkyl or cyclic N) is 1. The van der Waals surface area contributed by atoms with Crippen LogP contribution in [0.2, 0.25) is 0 Å². The maximum absolute atomic E-state index is 10.6. The molecule has 3 heteroatoms. The lowest BCUT2D eigenvalue weighted by molar-refractivity contribution is -0.0225. The minimum Gasteiger partial charge on any atom is -0.389 e. The first kappa shape index (κ1) is 14.3. The summed E-state index contributed by atoms with van der Waals surface area (Å²) >= 11 is 0. The molecule has 1 saturated carbocycles. The quantitative estimate of drug-likeness (QED) is 0.814. The number of likely N-dealkylation sites (N-methyl/N-ethyl adjacent to an activating group) is 1. The van der Waals surface area contributed by atoms with Crippen LogP contribution < -0.4 is 0 Å². The van der Waals surface area contributed by atoms with E-state index in [1.54, 1.807) is 0 Å². The first-order chi connectivity index (χ1) is 8.67. The molecule has 0 amide bonds. The fraction of sp³-hybridized carbons (Fsp3) is 1.00. The average Bonchev–Trinajstić information content (AvgIpc) is 2.79. The molecular weight excluding hydrogens is 224 g/mol. The second-order valence-electron chi connectivity index (χ2n) is 6.18. The third kappa shape index (κ3) is 3.46. The van der Waals surface area contributed by atoms with Gasteiger partial charge < -0.3 is 5.11 Å². The van der Waals surface area contributed by atoms with Gasteiger partial charge in [0.05, 0.1) is 5.60 Å². The number of hydrogen-bond acceptors (Lipinski definition) is 3. The first-order valence-electron chi connectivity index (χ1n) is 7.85. The fourth-order valence-corrected chi connectivity index (χ4v) is 3.78. The largest absolute Gasteiger partial charge is 0.389 e. The molecular formula is C15H30N2O. The van der Waals surface area contributed by atoms with Crippen LogP contribution in [0.3, 0.4) is 0 Å². The van der Waals surface area contributed by atoms with Crippen LogP contribution in [0.4, 0.5) is 0 Å². The van der Waals surface area contributed by atoms with Gasteiger partial charge in [0.2, 0.25) is 0 Å². The number of nitrogens with zero attached hydrogens (tertiary/aromatic N) is 2. The molecule has 106 valence electrons. The van der Waals surface area contributed by atoms with Crippen molar-refractivity contribution in [3.8, 4) is 0 Å². The van der Waals surface area contributed by atoms with Gasteiger partial charge in [-0.05, 0) is 38.9 Å². The van der Waals surface area contributed by atoms with Crippen LogP contribution in [0.25, 0.3) is 0 Å². The minimum absolute atomic E-state index is 0.379. The van der Waals surface area contributed by atoms with Crippen molar-refractivity contribution in [2.24, 2.45) is 0 Å². The van der Waals surface area contributed by atoms with Crippen molar-refractivity contribution >= 4 is 0 Å². The highest BCUT2D eigenvalue weighted by Gasteiger charge is 2.34. The standard InChI is InChI=1S/C15H30N2O/c1-3-17(4-2)14-8-11-16(12-14)13-15(18)9-6-5-7-10-15/h14,18H,3-13H2,1-2H3. The Kier molecular flexibility index (Phi) is 5.05. The molecule has 1 aliphatic carbocycles. The zero-order valence-corrected chi connectivity index (χ0v) is 12.2. The van der Waals surface area contributed by atoms with Crippen LogP contribution in [0.15, 0.2) is 0 Å². The van der Waals surface area contributed by atoms with Gasteiger partial charge in [-0.2, -0.15) is 0 Å². The van der Waals surface area contributed by atoms with Gasteiger partial charge in [0, 0.05) is 19.1 Å². The topological polar surface area (TPSA) is 26.7 Å². The normalized spacial score (nSPS) is 29.0. The van der Waals surface area contributed by atoms with Gasteiger partial charge >= 0.3 is 0 Å². The zero-order chi connectivity index (χ0) is 13.0. The van der Waals surface area contributed by atoms with E-state index in [1.165, 1.54) is 32.2 Å². The van der Waals surface area contributed by atoms with Crippen LogP contribution >= 0.6 is 0 Å². The lowest BCUT2D eigenvalue weighted by atomic mass is 9.84. The van der Waals surface area contributed by atoms with Gasteiger partial charge in [0.15, 0.2) is 0 Å². The summed E-state index contributed by atoms with van der Waals surface area (Å²) in [7, 11) is 0. The summed E-state index contributed by atoms with van der Waals surface area (Å²) in [5.41, 5.74) is -0.379. The van der Waals surface area contributed by atoms with Crippen molar-refractivity contribution in [2.75, 3.05) is 32.7 Å². The Morgan fingerprint density at radius 2 is 1.83 bits per heavy atom. The number of hydrogen-bond donors (Lipinski definition) is 1. The van der Waals surface area contributed by atoms with Gasteiger partial charge in [0.1, 0.15) is 0 Å². The maximum atomic E-state index is 10.6. The van der Waals surface area contributed by atoms with Crippen molar-refractivity contribution in [3.63, 3.8) is 0 Å². The summed E-state index contributed by atoms with van der Waals surface area (Å²) in [5, 5.41) is 10.6. The Bertz CT molecular complexity index is 247. The van der Waals surface area contributed by atoms with E-state index in [9.17, 15) is 5.11 Å². The molecule has 0 bridgehead atoms. The van der Waals surface area contributed by atoms with Crippen molar-refractivity contribution in [1.29, 1.82) is 0 Å². The van der Waals surface area contributed by atoms with Crippen LogP contribution in [0, 0.1) is 0 Å². The lowest BCUT2D eigenvalue weighted by Gasteiger charge is -2.36. The van der Waals surface area contributed by atoms with Crippen LogP contribution in [-0.4, -0.2) is 59.3 Å². The predicted octanol–water partition coefficient (Wildman–Crippen LogP) is 2.10. The maximum Gasteiger partial charge on any atom is 0.0774 e. The molecule has 1 saturated heterocycles. The monoisotopic (exact) mass is 254 g/mol. The minimum atomic E-state index is -0.379. The summed E-state index contributed by atoms with van der Waals surface area (Å²) in [6.07, 6.45) is 7.04. The molecule has 2 rings (SSSR count). The van der Waals surface area contributed by atoms with Gasteiger partial charge in [-0.1, -0.05) is 33.1 Å². The van der Waals surface area contributed by atoms with E-state index in [0.29, 0.717) is 6.04 Å². The highest BCUT2D eigenvalue weighted by Crippen LogP contribution is 2.30. The van der Waals surface area contributed by atoms with E-state index in [1.807, 2.05) is 0 Å². The Labute approximate surface area is 112 Å². The Morgan fingerprint density at radius 1 is 1.17 bits per heavy atom. The molecule has 1 N–H and O–H groups in total. The van der Waals surface area contributed by atoms with Gasteiger partial charge in [-0.15, -0.1) is 0 Å². The summed E-state index contributed by atoms with van der Waals surface area (Å²) in [5.74, 6) is 0. The summed E-state index contributed by atoms with van der Waals surface area (Å²) in [4.78, 5) is 5.05. The van der Waals surface area contributed by atoms with Crippen LogP contribution in [0.1, 0.15) is 52.4 Å². The molecule has 1 heterocycles. The number of likely N-dealkylation sites (tertiary alicyclic amines) is 1. The van der Waals surface area contributed by atoms with Crippen molar-refractivity contribution in [1.82, 2.24) is 9.80 Å². The number of aliphatic hydroxyl groups is 1. The van der Waals surface area contributed by atoms with Crippen molar-refractivity contribution < 1.29 is 5.11 Å². The molecule has 1 unspecified atom stereocenters. The second kappa shape index (κ2) is 6.36. The molecule has 18 heavy (non-hydrogen) atoms. The molecule has 1 aliphatic heterocycles. The number of rotatable bonds is 5. The second-order valence-corrected chi connectivity index (χ2v) is 6.18. The molecule has 3 nitrogen and oxygen atoms in total. The van der Waals surface area contributed by atoms with E-state index in [4.69, 9.17) is 0 Å². The predicted molar refractivity (Wildman–Crippen MR) is 75.8 cm³/mol. The van der Waals surface area contributed by atoms with E-state index in [-0.39, 0.29) is 5.60 Å². The summed E-state index contributed by atoms with van der Waals surface area (Å²) in [6, 6.07) is 0.715. The zero-order valence-electron chi connectivity index (χ0n) is 12.2. The van der Waals surface area contributed by atoms with Crippen LogP contribution in [-0.2, 0) is 0 Å². The molecule has 1 atom stereocenters. The Hall–Kier alpha value is -0.120. The lowest BCUT2D eigenvalue weighted by Crippen LogP contribution is -2.45. The highest BCUT2D eigenvalue weighted by atomic mass is 16.3. The molecule has 0 aromatic heterocycles. The van der Waals surface area contributed by atoms with Gasteiger partial charge in [0.25, 0.3) is 0 Å². The third-order valence-corrected chi connectivity index (χ3v) is 4.88. The fourth-order valence-electron chi connectivity index (χ4n) is 3.78.